The van der Waals surface area contributed by atoms with Gasteiger partial charge in [0.2, 0.25) is 11.8 Å². The van der Waals surface area contributed by atoms with Gasteiger partial charge in [-0.1, -0.05) is 29.4 Å². The summed E-state index contributed by atoms with van der Waals surface area (Å²) >= 11 is 7.48. The number of likely N-dealkylation sites (tertiary alicyclic amines) is 1. The minimum Gasteiger partial charge on any atom is -0.478 e. The number of piperidine rings is 1. The number of amides is 2. The molecule has 7 nitrogen and oxygen atoms in total. The Bertz CT molecular complexity index is 1430. The number of hydrogen-bond acceptors (Lipinski definition) is 4. The third-order valence-corrected chi connectivity index (χ3v) is 9.45. The Morgan fingerprint density at radius 3 is 2.66 bits per heavy atom. The molecule has 0 atom stereocenters. The zero-order valence-electron chi connectivity index (χ0n) is 21.1. The molecule has 0 radical (unpaired) electrons. The quantitative estimate of drug-likeness (QED) is 0.432. The molecule has 0 bridgehead atoms. The molecule has 2 fully saturated rings. The maximum atomic E-state index is 15.4. The molecule has 2 saturated heterocycles. The van der Waals surface area contributed by atoms with Gasteiger partial charge in [0, 0.05) is 46.9 Å². The summed E-state index contributed by atoms with van der Waals surface area (Å²) in [6.07, 6.45) is 3.99. The molecule has 0 unspecified atom stereocenters. The number of nitrogens with one attached hydrogen (secondary N) is 1. The van der Waals surface area contributed by atoms with Crippen LogP contribution in [0.4, 0.5) is 4.39 Å². The summed E-state index contributed by atoms with van der Waals surface area (Å²) < 4.78 is 17.0. The lowest BCUT2D eigenvalue weighted by Crippen LogP contribution is -2.44. The maximum absolute atomic E-state index is 15.4. The van der Waals surface area contributed by atoms with E-state index in [-0.39, 0.29) is 39.9 Å². The highest BCUT2D eigenvalue weighted by molar-refractivity contribution is 7.99. The number of rotatable bonds is 5. The lowest BCUT2D eigenvalue weighted by Gasteiger charge is -2.41. The number of carboxylic acids is 1. The molecule has 3 heterocycles. The topological polar surface area (TPSA) is 91.6 Å². The van der Waals surface area contributed by atoms with Gasteiger partial charge in [0.25, 0.3) is 0 Å². The first-order valence-electron chi connectivity index (χ1n) is 12.7. The zero-order valence-corrected chi connectivity index (χ0v) is 22.6. The molecular weight excluding hydrogens is 529 g/mol. The number of aromatic nitrogens is 1. The van der Waals surface area contributed by atoms with Gasteiger partial charge in [-0.15, -0.1) is 0 Å². The summed E-state index contributed by atoms with van der Waals surface area (Å²) in [5, 5.41) is 12.9. The molecule has 1 spiro atoms. The van der Waals surface area contributed by atoms with E-state index in [1.165, 1.54) is 23.9 Å². The van der Waals surface area contributed by atoms with Crippen molar-refractivity contribution in [3.63, 3.8) is 0 Å². The number of aromatic carboxylic acids is 1. The number of halogens is 2. The van der Waals surface area contributed by atoms with Crippen LogP contribution in [0.5, 0.6) is 0 Å². The zero-order chi connectivity index (χ0) is 27.0. The Morgan fingerprint density at radius 1 is 1.16 bits per heavy atom. The van der Waals surface area contributed by atoms with Crippen LogP contribution in [0.1, 0.15) is 48.2 Å². The monoisotopic (exact) mass is 557 g/mol. The summed E-state index contributed by atoms with van der Waals surface area (Å²) in [6, 6.07) is 9.81. The Labute approximate surface area is 229 Å². The number of carboxylic acid groups (broad SMARTS) is 1. The van der Waals surface area contributed by atoms with Gasteiger partial charge in [-0.2, -0.15) is 0 Å². The van der Waals surface area contributed by atoms with E-state index in [1.54, 1.807) is 28.8 Å². The number of hydrogen-bond donors (Lipinski definition) is 2. The van der Waals surface area contributed by atoms with Crippen molar-refractivity contribution < 1.29 is 23.9 Å². The smallest absolute Gasteiger partial charge is 0.335 e. The highest BCUT2D eigenvalue weighted by atomic mass is 35.5. The van der Waals surface area contributed by atoms with Gasteiger partial charge in [0.1, 0.15) is 6.54 Å². The van der Waals surface area contributed by atoms with Gasteiger partial charge in [-0.05, 0) is 68.4 Å². The second kappa shape index (κ2) is 10.6. The lowest BCUT2D eigenvalue weighted by atomic mass is 9.73. The highest BCUT2D eigenvalue weighted by Gasteiger charge is 2.37. The second-order valence-electron chi connectivity index (χ2n) is 10.2. The molecule has 2 N–H and O–H groups in total. The maximum Gasteiger partial charge on any atom is 0.335 e. The molecule has 5 rings (SSSR count). The van der Waals surface area contributed by atoms with Gasteiger partial charge in [-0.25, -0.2) is 9.18 Å². The SMILES string of the molecule is Cc1c(Sc2cccc(C(=O)O)c2)c2ccc(Cl)c(F)c2n1CC(=O)N1CCC2(CCNC(=O)CC2)CC1. The molecule has 10 heteroatoms. The molecule has 0 saturated carbocycles. The van der Waals surface area contributed by atoms with Gasteiger partial charge in [0.05, 0.1) is 16.1 Å². The van der Waals surface area contributed by atoms with Crippen molar-refractivity contribution in [2.24, 2.45) is 5.41 Å². The molecule has 2 aromatic carbocycles. The van der Waals surface area contributed by atoms with Crippen molar-refractivity contribution in [2.45, 2.75) is 55.4 Å². The Balaban J connectivity index is 1.41. The average Bonchev–Trinajstić information content (AvgIpc) is 3.03. The van der Waals surface area contributed by atoms with Crippen molar-refractivity contribution in [1.29, 1.82) is 0 Å². The van der Waals surface area contributed by atoms with Crippen LogP contribution in [0.25, 0.3) is 10.9 Å². The Morgan fingerprint density at radius 2 is 1.92 bits per heavy atom. The van der Waals surface area contributed by atoms with Gasteiger partial charge < -0.3 is 19.9 Å². The van der Waals surface area contributed by atoms with Crippen LogP contribution in [0.15, 0.2) is 46.2 Å². The molecule has 200 valence electrons. The number of fused-ring (bicyclic) bond motifs is 1. The van der Waals surface area contributed by atoms with Crippen molar-refractivity contribution in [1.82, 2.24) is 14.8 Å². The van der Waals surface area contributed by atoms with Crippen LogP contribution in [-0.2, 0) is 16.1 Å². The summed E-state index contributed by atoms with van der Waals surface area (Å²) in [4.78, 5) is 40.0. The fraction of sp³-hybridized carbons (Fsp3) is 0.393. The van der Waals surface area contributed by atoms with Crippen molar-refractivity contribution in [3.05, 3.63) is 58.5 Å². The third kappa shape index (κ3) is 5.14. The van der Waals surface area contributed by atoms with E-state index in [9.17, 15) is 19.5 Å². The number of carbonyl (C=O) groups excluding carboxylic acids is 2. The molecule has 2 aliphatic heterocycles. The van der Waals surface area contributed by atoms with E-state index in [1.807, 2.05) is 11.8 Å². The number of benzene rings is 2. The summed E-state index contributed by atoms with van der Waals surface area (Å²) in [5.41, 5.74) is 1.22. The fourth-order valence-electron chi connectivity index (χ4n) is 5.63. The van der Waals surface area contributed by atoms with Crippen LogP contribution in [0.3, 0.4) is 0 Å². The Kier molecular flexibility index (Phi) is 7.42. The van der Waals surface area contributed by atoms with Crippen molar-refractivity contribution >= 4 is 52.0 Å². The van der Waals surface area contributed by atoms with Crippen molar-refractivity contribution in [3.8, 4) is 0 Å². The van der Waals surface area contributed by atoms with E-state index >= 15 is 4.39 Å². The lowest BCUT2D eigenvalue weighted by molar-refractivity contribution is -0.134. The normalized spacial score (nSPS) is 17.4. The van der Waals surface area contributed by atoms with E-state index in [0.717, 1.165) is 30.6 Å². The molecular formula is C28H29ClFN3O4S. The molecule has 2 amide bonds. The van der Waals surface area contributed by atoms with Gasteiger partial charge >= 0.3 is 5.97 Å². The average molecular weight is 558 g/mol. The van der Waals surface area contributed by atoms with E-state index in [2.05, 4.69) is 5.32 Å². The first-order valence-corrected chi connectivity index (χ1v) is 13.9. The van der Waals surface area contributed by atoms with Gasteiger partial charge in [0.15, 0.2) is 5.82 Å². The van der Waals surface area contributed by atoms with Crippen LogP contribution in [-0.4, -0.2) is 52.0 Å². The summed E-state index contributed by atoms with van der Waals surface area (Å²) in [5.74, 6) is -1.60. The molecule has 2 aliphatic rings. The predicted octanol–water partition coefficient (Wildman–Crippen LogP) is 5.50. The number of carbonyl (C=O) groups is 3. The van der Waals surface area contributed by atoms with Crippen molar-refractivity contribution in [2.75, 3.05) is 19.6 Å². The fourth-order valence-corrected chi connectivity index (χ4v) is 6.89. The number of nitrogens with zero attached hydrogens (tertiary/aromatic N) is 2. The van der Waals surface area contributed by atoms with Gasteiger partial charge in [-0.3, -0.25) is 9.59 Å². The molecule has 38 heavy (non-hydrogen) atoms. The van der Waals surface area contributed by atoms with Crippen LogP contribution in [0.2, 0.25) is 5.02 Å². The summed E-state index contributed by atoms with van der Waals surface area (Å²) in [7, 11) is 0. The minimum absolute atomic E-state index is 0.0236. The largest absolute Gasteiger partial charge is 0.478 e. The van der Waals surface area contributed by atoms with Crippen LogP contribution < -0.4 is 5.32 Å². The van der Waals surface area contributed by atoms with Crippen LogP contribution >= 0.6 is 23.4 Å². The second-order valence-corrected chi connectivity index (χ2v) is 11.7. The standard InChI is InChI=1S/C28H29ClFN3O4S/c1-17-26(38-19-4-2-3-18(15-19)27(36)37)20-5-6-21(29)24(30)25(20)33(17)16-23(35)32-13-10-28(11-14-32)8-7-22(34)31-12-9-28/h2-6,15H,7-14,16H2,1H3,(H,31,34)(H,36,37). The first-order chi connectivity index (χ1) is 18.2. The third-order valence-electron chi connectivity index (χ3n) is 7.95. The first kappa shape index (κ1) is 26.6. The molecule has 3 aromatic rings. The molecule has 0 aliphatic carbocycles. The van der Waals surface area contributed by atoms with Crippen LogP contribution in [0, 0.1) is 18.2 Å². The van der Waals surface area contributed by atoms with E-state index in [0.29, 0.717) is 42.0 Å². The predicted molar refractivity (Wildman–Crippen MR) is 144 cm³/mol. The molecule has 1 aromatic heterocycles. The van der Waals surface area contributed by atoms with E-state index < -0.39 is 11.8 Å². The Hall–Kier alpha value is -3.04. The summed E-state index contributed by atoms with van der Waals surface area (Å²) in [6.45, 7) is 3.71. The highest BCUT2D eigenvalue weighted by Crippen LogP contribution is 2.42. The minimum atomic E-state index is -1.02. The van der Waals surface area contributed by atoms with E-state index in [4.69, 9.17) is 11.6 Å².